The van der Waals surface area contributed by atoms with Crippen LogP contribution in [0.5, 0.6) is 11.5 Å². The van der Waals surface area contributed by atoms with E-state index >= 15 is 0 Å². The van der Waals surface area contributed by atoms with Gasteiger partial charge in [-0.15, -0.1) is 0 Å². The molecule has 6 nitrogen and oxygen atoms in total. The van der Waals surface area contributed by atoms with Crippen LogP contribution >= 0.6 is 0 Å². The molecule has 6 heteroatoms. The first-order valence-electron chi connectivity index (χ1n) is 8.13. The van der Waals surface area contributed by atoms with E-state index in [-0.39, 0.29) is 6.54 Å². The Bertz CT molecular complexity index is 778. The van der Waals surface area contributed by atoms with E-state index in [0.717, 1.165) is 5.56 Å². The second kappa shape index (κ2) is 7.91. The SMILES string of the molecule is COc1cc(C(=O)NCC(C)(C(=O)O)c2ccccc2)cc(OC)c1C. The van der Waals surface area contributed by atoms with Crippen molar-refractivity contribution in [1.29, 1.82) is 0 Å². The number of rotatable bonds is 7. The van der Waals surface area contributed by atoms with Crippen LogP contribution in [0.3, 0.4) is 0 Å². The number of ether oxygens (including phenoxy) is 2. The first-order valence-corrected chi connectivity index (χ1v) is 8.13. The molecule has 0 bridgehead atoms. The van der Waals surface area contributed by atoms with Crippen molar-refractivity contribution < 1.29 is 24.2 Å². The van der Waals surface area contributed by atoms with Crippen molar-refractivity contribution in [1.82, 2.24) is 5.32 Å². The summed E-state index contributed by atoms with van der Waals surface area (Å²) in [5, 5.41) is 12.4. The Balaban J connectivity index is 2.25. The fourth-order valence-electron chi connectivity index (χ4n) is 2.68. The second-order valence-electron chi connectivity index (χ2n) is 6.19. The average Bonchev–Trinajstić information content (AvgIpc) is 2.66. The van der Waals surface area contributed by atoms with Crippen molar-refractivity contribution in [3.05, 3.63) is 59.2 Å². The van der Waals surface area contributed by atoms with Crippen LogP contribution in [-0.4, -0.2) is 37.7 Å². The lowest BCUT2D eigenvalue weighted by Crippen LogP contribution is -2.44. The third-order valence-corrected chi connectivity index (χ3v) is 4.50. The summed E-state index contributed by atoms with van der Waals surface area (Å²) in [7, 11) is 3.03. The van der Waals surface area contributed by atoms with Gasteiger partial charge in [-0.3, -0.25) is 9.59 Å². The summed E-state index contributed by atoms with van der Waals surface area (Å²) < 4.78 is 10.6. The van der Waals surface area contributed by atoms with Gasteiger partial charge in [0, 0.05) is 17.7 Å². The van der Waals surface area contributed by atoms with Gasteiger partial charge in [0.15, 0.2) is 0 Å². The van der Waals surface area contributed by atoms with Crippen LogP contribution in [0.25, 0.3) is 0 Å². The predicted molar refractivity (Wildman–Crippen MR) is 98.0 cm³/mol. The van der Waals surface area contributed by atoms with Crippen molar-refractivity contribution in [2.45, 2.75) is 19.3 Å². The maximum Gasteiger partial charge on any atom is 0.315 e. The quantitative estimate of drug-likeness (QED) is 0.796. The lowest BCUT2D eigenvalue weighted by Gasteiger charge is -2.25. The smallest absolute Gasteiger partial charge is 0.315 e. The van der Waals surface area contributed by atoms with Crippen LogP contribution in [0.15, 0.2) is 42.5 Å². The summed E-state index contributed by atoms with van der Waals surface area (Å²) in [5.74, 6) is -0.356. The minimum absolute atomic E-state index is 0.0519. The van der Waals surface area contributed by atoms with Crippen LogP contribution in [0, 0.1) is 6.92 Å². The number of carboxylic acid groups (broad SMARTS) is 1. The average molecular weight is 357 g/mol. The van der Waals surface area contributed by atoms with Gasteiger partial charge in [-0.05, 0) is 31.5 Å². The fraction of sp³-hybridized carbons (Fsp3) is 0.300. The normalized spacial score (nSPS) is 12.8. The molecular formula is C20H23NO5. The molecule has 0 aliphatic carbocycles. The molecule has 2 N–H and O–H groups in total. The molecule has 0 saturated carbocycles. The molecule has 2 rings (SSSR count). The zero-order chi connectivity index (χ0) is 19.3. The summed E-state index contributed by atoms with van der Waals surface area (Å²) in [6, 6.07) is 12.0. The van der Waals surface area contributed by atoms with Gasteiger partial charge in [0.1, 0.15) is 16.9 Å². The van der Waals surface area contributed by atoms with Gasteiger partial charge in [0.2, 0.25) is 0 Å². The number of methoxy groups -OCH3 is 2. The molecule has 0 saturated heterocycles. The summed E-state index contributed by atoms with van der Waals surface area (Å²) >= 11 is 0. The highest BCUT2D eigenvalue weighted by molar-refractivity contribution is 5.96. The van der Waals surface area contributed by atoms with Crippen molar-refractivity contribution in [2.24, 2.45) is 0 Å². The van der Waals surface area contributed by atoms with Gasteiger partial charge in [-0.1, -0.05) is 30.3 Å². The molecule has 0 aliphatic heterocycles. The number of carbonyl (C=O) groups is 2. The highest BCUT2D eigenvalue weighted by Crippen LogP contribution is 2.29. The Morgan fingerprint density at radius 3 is 2.08 bits per heavy atom. The van der Waals surface area contributed by atoms with Gasteiger partial charge in [0.05, 0.1) is 14.2 Å². The van der Waals surface area contributed by atoms with Crippen molar-refractivity contribution in [2.75, 3.05) is 20.8 Å². The maximum absolute atomic E-state index is 12.6. The van der Waals surface area contributed by atoms with Gasteiger partial charge >= 0.3 is 5.97 Å². The number of carboxylic acids is 1. The Morgan fingerprint density at radius 1 is 1.08 bits per heavy atom. The van der Waals surface area contributed by atoms with E-state index in [2.05, 4.69) is 5.32 Å². The van der Waals surface area contributed by atoms with Crippen LogP contribution < -0.4 is 14.8 Å². The molecule has 1 atom stereocenters. The highest BCUT2D eigenvalue weighted by Gasteiger charge is 2.35. The summed E-state index contributed by atoms with van der Waals surface area (Å²) in [6.07, 6.45) is 0. The molecule has 0 heterocycles. The van der Waals surface area contributed by atoms with E-state index in [9.17, 15) is 14.7 Å². The first kappa shape index (κ1) is 19.3. The molecule has 1 unspecified atom stereocenters. The molecule has 0 aromatic heterocycles. The number of hydrogen-bond acceptors (Lipinski definition) is 4. The molecule has 0 aliphatic rings. The number of benzene rings is 2. The minimum Gasteiger partial charge on any atom is -0.496 e. The minimum atomic E-state index is -1.24. The Hall–Kier alpha value is -3.02. The van der Waals surface area contributed by atoms with Crippen molar-refractivity contribution in [3.63, 3.8) is 0 Å². The van der Waals surface area contributed by atoms with Crippen LogP contribution in [-0.2, 0) is 10.2 Å². The Morgan fingerprint density at radius 2 is 1.62 bits per heavy atom. The Labute approximate surface area is 152 Å². The molecular weight excluding hydrogens is 334 g/mol. The fourth-order valence-corrected chi connectivity index (χ4v) is 2.68. The first-order chi connectivity index (χ1) is 12.3. The monoisotopic (exact) mass is 357 g/mol. The lowest BCUT2D eigenvalue weighted by atomic mass is 9.82. The molecule has 2 aromatic carbocycles. The van der Waals surface area contributed by atoms with Gasteiger partial charge in [-0.25, -0.2) is 0 Å². The zero-order valence-corrected chi connectivity index (χ0v) is 15.3. The van der Waals surface area contributed by atoms with Gasteiger partial charge < -0.3 is 19.9 Å². The second-order valence-corrected chi connectivity index (χ2v) is 6.19. The van der Waals surface area contributed by atoms with E-state index in [1.54, 1.807) is 43.3 Å². The largest absolute Gasteiger partial charge is 0.496 e. The van der Waals surface area contributed by atoms with Gasteiger partial charge in [0.25, 0.3) is 5.91 Å². The van der Waals surface area contributed by atoms with E-state index in [1.165, 1.54) is 14.2 Å². The van der Waals surface area contributed by atoms with Crippen LogP contribution in [0.2, 0.25) is 0 Å². The summed E-state index contributed by atoms with van der Waals surface area (Å²) in [4.78, 5) is 24.4. The highest BCUT2D eigenvalue weighted by atomic mass is 16.5. The molecule has 0 fully saturated rings. The summed E-state index contributed by atoms with van der Waals surface area (Å²) in [5.41, 5.74) is 0.499. The molecule has 26 heavy (non-hydrogen) atoms. The maximum atomic E-state index is 12.6. The van der Waals surface area contributed by atoms with Crippen molar-refractivity contribution in [3.8, 4) is 11.5 Å². The number of amides is 1. The number of aliphatic carboxylic acids is 1. The summed E-state index contributed by atoms with van der Waals surface area (Å²) in [6.45, 7) is 3.36. The third kappa shape index (κ3) is 3.79. The standard InChI is InChI=1S/C20H23NO5/c1-13-16(25-3)10-14(11-17(13)26-4)18(22)21-12-20(2,19(23)24)15-8-6-5-7-9-15/h5-11H,12H2,1-4H3,(H,21,22)(H,23,24). The van der Waals surface area contributed by atoms with Crippen molar-refractivity contribution >= 4 is 11.9 Å². The molecule has 2 aromatic rings. The lowest BCUT2D eigenvalue weighted by molar-refractivity contribution is -0.142. The topological polar surface area (TPSA) is 84.9 Å². The third-order valence-electron chi connectivity index (χ3n) is 4.50. The molecule has 138 valence electrons. The zero-order valence-electron chi connectivity index (χ0n) is 15.3. The predicted octanol–water partition coefficient (Wildman–Crippen LogP) is 2.78. The number of nitrogens with one attached hydrogen (secondary N) is 1. The number of carbonyl (C=O) groups excluding carboxylic acids is 1. The van der Waals surface area contributed by atoms with Crippen LogP contribution in [0.4, 0.5) is 0 Å². The molecule has 0 radical (unpaired) electrons. The number of hydrogen-bond donors (Lipinski definition) is 2. The molecule has 0 spiro atoms. The molecule has 1 amide bonds. The Kier molecular flexibility index (Phi) is 5.87. The van der Waals surface area contributed by atoms with E-state index in [1.807, 2.05) is 13.0 Å². The van der Waals surface area contributed by atoms with Gasteiger partial charge in [-0.2, -0.15) is 0 Å². The van der Waals surface area contributed by atoms with Crippen LogP contribution in [0.1, 0.15) is 28.4 Å². The van der Waals surface area contributed by atoms with E-state index in [4.69, 9.17) is 9.47 Å². The van der Waals surface area contributed by atoms with E-state index in [0.29, 0.717) is 22.6 Å². The van der Waals surface area contributed by atoms with E-state index < -0.39 is 17.3 Å².